The van der Waals surface area contributed by atoms with Crippen molar-refractivity contribution in [1.29, 1.82) is 0 Å². The van der Waals surface area contributed by atoms with Gasteiger partial charge in [-0.1, -0.05) is 311 Å². The molecular formula is C70H136O17P2. The molecule has 0 aromatic carbocycles. The number of hydrogen-bond acceptors (Lipinski definition) is 15. The Balaban J connectivity index is 5.03. The van der Waals surface area contributed by atoms with Crippen LogP contribution in [0.2, 0.25) is 0 Å². The second kappa shape index (κ2) is 63.5. The molecule has 0 aromatic rings. The number of ether oxygens (including phenoxy) is 4. The maximum absolute atomic E-state index is 13.0. The Kier molecular flexibility index (Phi) is 62.1. The van der Waals surface area contributed by atoms with E-state index in [1.54, 1.807) is 0 Å². The van der Waals surface area contributed by atoms with Gasteiger partial charge in [0, 0.05) is 25.7 Å². The van der Waals surface area contributed by atoms with Crippen LogP contribution in [0.25, 0.3) is 0 Å². The molecular weight excluding hydrogens is 1170 g/mol. The van der Waals surface area contributed by atoms with Crippen LogP contribution < -0.4 is 0 Å². The van der Waals surface area contributed by atoms with Gasteiger partial charge in [-0.05, 0) is 31.6 Å². The number of unbranched alkanes of at least 4 members (excludes halogenated alkanes) is 41. The zero-order valence-corrected chi connectivity index (χ0v) is 59.4. The second-order valence-electron chi connectivity index (χ2n) is 25.5. The predicted molar refractivity (Wildman–Crippen MR) is 358 cm³/mol. The molecule has 0 aliphatic heterocycles. The third-order valence-electron chi connectivity index (χ3n) is 16.6. The van der Waals surface area contributed by atoms with Crippen LogP contribution in [0.5, 0.6) is 0 Å². The Bertz CT molecular complexity index is 1720. The SMILES string of the molecule is CCCCCCCCCCCCCCCCCCCC(=O)OC[C@H](COP(=O)(O)OC[C@@H](O)COP(=O)(O)OC[C@@H](COC(=O)CCCCCCC)OC(=O)CCCCCCC)OC(=O)CCCCCCCCCCCCCCCCCCCCC(C)CC. The fourth-order valence-electron chi connectivity index (χ4n) is 10.6. The molecule has 0 aromatic heterocycles. The van der Waals surface area contributed by atoms with Crippen LogP contribution >= 0.6 is 15.6 Å². The first kappa shape index (κ1) is 87.1. The van der Waals surface area contributed by atoms with Crippen LogP contribution in [0.4, 0.5) is 0 Å². The lowest BCUT2D eigenvalue weighted by Gasteiger charge is -2.21. The molecule has 528 valence electrons. The topological polar surface area (TPSA) is 237 Å². The van der Waals surface area contributed by atoms with Crippen molar-refractivity contribution in [3.05, 3.63) is 0 Å². The van der Waals surface area contributed by atoms with Crippen molar-refractivity contribution in [3.63, 3.8) is 0 Å². The molecule has 0 bridgehead atoms. The number of aliphatic hydroxyl groups excluding tert-OH is 1. The molecule has 0 rings (SSSR count). The van der Waals surface area contributed by atoms with Gasteiger partial charge < -0.3 is 33.8 Å². The second-order valence-corrected chi connectivity index (χ2v) is 28.4. The van der Waals surface area contributed by atoms with Gasteiger partial charge in [0.05, 0.1) is 26.4 Å². The number of aliphatic hydroxyl groups is 1. The van der Waals surface area contributed by atoms with Crippen molar-refractivity contribution in [3.8, 4) is 0 Å². The van der Waals surface area contributed by atoms with Crippen LogP contribution in [0.1, 0.15) is 362 Å². The molecule has 0 amide bonds. The molecule has 0 radical (unpaired) electrons. The number of carbonyl (C=O) groups excluding carboxylic acids is 4. The molecule has 0 saturated heterocycles. The average Bonchev–Trinajstić information content (AvgIpc) is 3.64. The summed E-state index contributed by atoms with van der Waals surface area (Å²) in [4.78, 5) is 71.9. The molecule has 3 N–H and O–H groups in total. The summed E-state index contributed by atoms with van der Waals surface area (Å²) in [6.07, 6.45) is 51.0. The van der Waals surface area contributed by atoms with Crippen molar-refractivity contribution in [2.24, 2.45) is 5.92 Å². The normalized spacial score (nSPS) is 14.4. The third kappa shape index (κ3) is 63.2. The first-order valence-corrected chi connectivity index (χ1v) is 39.7. The van der Waals surface area contributed by atoms with E-state index in [1.807, 2.05) is 0 Å². The molecule has 0 aliphatic carbocycles. The Labute approximate surface area is 543 Å². The highest BCUT2D eigenvalue weighted by Crippen LogP contribution is 2.45. The zero-order valence-electron chi connectivity index (χ0n) is 57.6. The molecule has 6 atom stereocenters. The summed E-state index contributed by atoms with van der Waals surface area (Å²) in [5.41, 5.74) is 0. The van der Waals surface area contributed by atoms with Crippen molar-refractivity contribution in [2.75, 3.05) is 39.6 Å². The number of rotatable bonds is 70. The summed E-state index contributed by atoms with van der Waals surface area (Å²) in [5.74, 6) is -1.28. The van der Waals surface area contributed by atoms with Crippen molar-refractivity contribution < 1.29 is 80.2 Å². The standard InChI is InChI=1S/C70H136O17P2/c1-6-10-13-16-17-18-19-20-21-24-28-31-34-37-40-45-49-54-68(73)81-60-66(87-70(75)56-51-46-41-38-35-32-29-26-23-22-25-27-30-33-36-39-44-47-52-63(5)9-4)62-85-89(78,79)83-58-64(71)57-82-88(76,77)84-61-65(86-69(74)55-50-43-15-12-8-3)59-80-67(72)53-48-42-14-11-7-2/h63-66,71H,6-62H2,1-5H3,(H,76,77)(H,78,79)/t63?,64-,65+,66+/m0/s1. The number of hydrogen-bond donors (Lipinski definition) is 3. The van der Waals surface area contributed by atoms with E-state index in [9.17, 15) is 43.2 Å². The largest absolute Gasteiger partial charge is 0.472 e. The average molecular weight is 1310 g/mol. The van der Waals surface area contributed by atoms with Crippen LogP contribution in [0.15, 0.2) is 0 Å². The van der Waals surface area contributed by atoms with E-state index in [0.717, 1.165) is 102 Å². The summed E-state index contributed by atoms with van der Waals surface area (Å²) < 4.78 is 67.8. The first-order chi connectivity index (χ1) is 43.1. The van der Waals surface area contributed by atoms with Gasteiger partial charge in [0.25, 0.3) is 0 Å². The van der Waals surface area contributed by atoms with E-state index in [-0.39, 0.29) is 25.7 Å². The lowest BCUT2D eigenvalue weighted by atomic mass is 9.99. The number of carbonyl (C=O) groups is 4. The van der Waals surface area contributed by atoms with Crippen LogP contribution in [-0.2, 0) is 65.4 Å². The minimum Gasteiger partial charge on any atom is -0.462 e. The summed E-state index contributed by atoms with van der Waals surface area (Å²) in [6, 6.07) is 0. The van der Waals surface area contributed by atoms with Crippen LogP contribution in [-0.4, -0.2) is 96.7 Å². The maximum atomic E-state index is 13.0. The van der Waals surface area contributed by atoms with E-state index in [1.165, 1.54) is 180 Å². The van der Waals surface area contributed by atoms with Gasteiger partial charge in [-0.2, -0.15) is 0 Å². The summed E-state index contributed by atoms with van der Waals surface area (Å²) in [5, 5.41) is 10.5. The van der Waals surface area contributed by atoms with E-state index in [2.05, 4.69) is 34.6 Å². The summed E-state index contributed by atoms with van der Waals surface area (Å²) in [7, 11) is -9.87. The van der Waals surface area contributed by atoms with Crippen molar-refractivity contribution in [2.45, 2.75) is 380 Å². The Morgan fingerprint density at radius 2 is 0.539 bits per heavy atom. The molecule has 0 fully saturated rings. The number of phosphoric ester groups is 2. The van der Waals surface area contributed by atoms with Gasteiger partial charge >= 0.3 is 39.5 Å². The zero-order chi connectivity index (χ0) is 65.6. The maximum Gasteiger partial charge on any atom is 0.472 e. The molecule has 3 unspecified atom stereocenters. The van der Waals surface area contributed by atoms with E-state index in [4.69, 9.17) is 37.0 Å². The summed E-state index contributed by atoms with van der Waals surface area (Å²) >= 11 is 0. The van der Waals surface area contributed by atoms with Crippen LogP contribution in [0.3, 0.4) is 0 Å². The minimum atomic E-state index is -4.95. The molecule has 19 heteroatoms. The van der Waals surface area contributed by atoms with Crippen molar-refractivity contribution in [1.82, 2.24) is 0 Å². The first-order valence-electron chi connectivity index (χ1n) is 36.7. The van der Waals surface area contributed by atoms with Gasteiger partial charge in [-0.3, -0.25) is 37.3 Å². The lowest BCUT2D eigenvalue weighted by Crippen LogP contribution is -2.30. The van der Waals surface area contributed by atoms with Gasteiger partial charge in [0.15, 0.2) is 12.2 Å². The quantitative estimate of drug-likeness (QED) is 0.0222. The minimum absolute atomic E-state index is 0.0991. The van der Waals surface area contributed by atoms with E-state index < -0.39 is 97.5 Å². The van der Waals surface area contributed by atoms with E-state index >= 15 is 0 Å². The monoisotopic (exact) mass is 1310 g/mol. The fourth-order valence-corrected chi connectivity index (χ4v) is 12.2. The highest BCUT2D eigenvalue weighted by atomic mass is 31.2. The van der Waals surface area contributed by atoms with Gasteiger partial charge in [-0.25, -0.2) is 9.13 Å². The number of phosphoric acid groups is 2. The van der Waals surface area contributed by atoms with E-state index in [0.29, 0.717) is 25.7 Å². The predicted octanol–water partition coefficient (Wildman–Crippen LogP) is 20.1. The smallest absolute Gasteiger partial charge is 0.462 e. The van der Waals surface area contributed by atoms with Crippen molar-refractivity contribution >= 4 is 39.5 Å². The Morgan fingerprint density at radius 1 is 0.315 bits per heavy atom. The molecule has 0 saturated carbocycles. The lowest BCUT2D eigenvalue weighted by molar-refractivity contribution is -0.161. The summed E-state index contributed by atoms with van der Waals surface area (Å²) in [6.45, 7) is 7.12. The molecule has 0 heterocycles. The molecule has 0 aliphatic rings. The Morgan fingerprint density at radius 3 is 0.798 bits per heavy atom. The van der Waals surface area contributed by atoms with Gasteiger partial charge in [0.2, 0.25) is 0 Å². The van der Waals surface area contributed by atoms with Gasteiger partial charge in [-0.15, -0.1) is 0 Å². The van der Waals surface area contributed by atoms with Gasteiger partial charge in [0.1, 0.15) is 19.3 Å². The van der Waals surface area contributed by atoms with Crippen LogP contribution in [0, 0.1) is 5.92 Å². The fraction of sp³-hybridized carbons (Fsp3) is 0.943. The highest BCUT2D eigenvalue weighted by Gasteiger charge is 2.30. The third-order valence-corrected chi connectivity index (χ3v) is 18.5. The highest BCUT2D eigenvalue weighted by molar-refractivity contribution is 7.47. The molecule has 89 heavy (non-hydrogen) atoms. The molecule has 17 nitrogen and oxygen atoms in total. The molecule has 0 spiro atoms. The number of esters is 4. The Hall–Kier alpha value is -1.94.